The minimum atomic E-state index is -2.67. The van der Waals surface area contributed by atoms with Gasteiger partial charge in [-0.2, -0.15) is 0 Å². The van der Waals surface area contributed by atoms with Crippen molar-refractivity contribution in [2.24, 2.45) is 5.92 Å². The van der Waals surface area contributed by atoms with Crippen molar-refractivity contribution in [1.82, 2.24) is 9.88 Å². The molecule has 0 bridgehead atoms. The van der Waals surface area contributed by atoms with Crippen LogP contribution in [0.15, 0.2) is 16.7 Å². The number of aromatic nitrogens is 1. The van der Waals surface area contributed by atoms with Gasteiger partial charge < -0.3 is 9.80 Å². The molecule has 1 atom stereocenters. The summed E-state index contributed by atoms with van der Waals surface area (Å²) in [6.45, 7) is 1.19. The SMILES string of the molecule is O=C(C1CCCN(c2ncc(Br)cc2F)C1)N1CCC(F)(F)CC1. The van der Waals surface area contributed by atoms with Crippen molar-refractivity contribution in [3.8, 4) is 0 Å². The molecule has 1 aromatic heterocycles. The fraction of sp³-hybridized carbons (Fsp3) is 0.625. The Labute approximate surface area is 147 Å². The Balaban J connectivity index is 1.66. The largest absolute Gasteiger partial charge is 0.353 e. The Morgan fingerprint density at radius 2 is 2.00 bits per heavy atom. The van der Waals surface area contributed by atoms with E-state index in [4.69, 9.17) is 0 Å². The number of nitrogens with zero attached hydrogens (tertiary/aromatic N) is 3. The van der Waals surface area contributed by atoms with Crippen LogP contribution in [0.2, 0.25) is 0 Å². The summed E-state index contributed by atoms with van der Waals surface area (Å²) < 4.78 is 41.1. The zero-order valence-corrected chi connectivity index (χ0v) is 14.7. The lowest BCUT2D eigenvalue weighted by Crippen LogP contribution is -2.49. The van der Waals surface area contributed by atoms with Crippen LogP contribution in [-0.4, -0.2) is 47.9 Å². The van der Waals surface area contributed by atoms with Crippen LogP contribution in [0.1, 0.15) is 25.7 Å². The first-order valence-electron chi connectivity index (χ1n) is 8.08. The smallest absolute Gasteiger partial charge is 0.251 e. The summed E-state index contributed by atoms with van der Waals surface area (Å²) in [6, 6.07) is 1.35. The minimum absolute atomic E-state index is 0.0905. The number of carbonyl (C=O) groups is 1. The minimum Gasteiger partial charge on any atom is -0.353 e. The van der Waals surface area contributed by atoms with Crippen molar-refractivity contribution in [2.45, 2.75) is 31.6 Å². The average Bonchev–Trinajstić information content (AvgIpc) is 2.54. The van der Waals surface area contributed by atoms with E-state index in [0.717, 1.165) is 6.42 Å². The molecule has 3 rings (SSSR count). The topological polar surface area (TPSA) is 36.4 Å². The monoisotopic (exact) mass is 405 g/mol. The van der Waals surface area contributed by atoms with E-state index in [1.165, 1.54) is 17.2 Å². The summed E-state index contributed by atoms with van der Waals surface area (Å²) in [5, 5.41) is 0. The molecule has 8 heteroatoms. The number of hydrogen-bond donors (Lipinski definition) is 0. The molecule has 0 aliphatic carbocycles. The van der Waals surface area contributed by atoms with E-state index >= 15 is 0 Å². The number of halogens is 4. The van der Waals surface area contributed by atoms with Gasteiger partial charge in [0.2, 0.25) is 5.91 Å². The molecule has 0 saturated carbocycles. The van der Waals surface area contributed by atoms with Gasteiger partial charge in [0.15, 0.2) is 11.6 Å². The van der Waals surface area contributed by atoms with Gasteiger partial charge in [0.1, 0.15) is 0 Å². The van der Waals surface area contributed by atoms with Crippen LogP contribution in [0, 0.1) is 11.7 Å². The highest BCUT2D eigenvalue weighted by molar-refractivity contribution is 9.10. The number of piperidine rings is 2. The third kappa shape index (κ3) is 3.84. The van der Waals surface area contributed by atoms with Gasteiger partial charge in [0, 0.05) is 49.7 Å². The van der Waals surface area contributed by atoms with Crippen molar-refractivity contribution in [1.29, 1.82) is 0 Å². The maximum Gasteiger partial charge on any atom is 0.251 e. The van der Waals surface area contributed by atoms with E-state index in [2.05, 4.69) is 20.9 Å². The number of anilines is 1. The molecule has 132 valence electrons. The highest BCUT2D eigenvalue weighted by Crippen LogP contribution is 2.30. The zero-order valence-electron chi connectivity index (χ0n) is 13.2. The van der Waals surface area contributed by atoms with Gasteiger partial charge in [-0.1, -0.05) is 0 Å². The van der Waals surface area contributed by atoms with E-state index < -0.39 is 11.7 Å². The Morgan fingerprint density at radius 3 is 2.67 bits per heavy atom. The van der Waals surface area contributed by atoms with Crippen molar-refractivity contribution < 1.29 is 18.0 Å². The van der Waals surface area contributed by atoms with Crippen LogP contribution in [0.4, 0.5) is 19.0 Å². The molecule has 0 spiro atoms. The number of rotatable bonds is 2. The average molecular weight is 406 g/mol. The van der Waals surface area contributed by atoms with Gasteiger partial charge in [0.25, 0.3) is 5.92 Å². The summed E-state index contributed by atoms with van der Waals surface area (Å²) in [7, 11) is 0. The van der Waals surface area contributed by atoms with E-state index in [1.54, 1.807) is 4.90 Å². The van der Waals surface area contributed by atoms with Crippen molar-refractivity contribution in [2.75, 3.05) is 31.1 Å². The first-order valence-corrected chi connectivity index (χ1v) is 8.88. The van der Waals surface area contributed by atoms with E-state index in [0.29, 0.717) is 24.0 Å². The molecule has 2 fully saturated rings. The van der Waals surface area contributed by atoms with E-state index in [9.17, 15) is 18.0 Å². The summed E-state index contributed by atoms with van der Waals surface area (Å²) in [5.74, 6) is -3.26. The second kappa shape index (κ2) is 6.90. The first kappa shape index (κ1) is 17.5. The molecule has 2 aliphatic rings. The lowest BCUT2D eigenvalue weighted by Gasteiger charge is -2.38. The molecule has 1 unspecified atom stereocenters. The number of alkyl halides is 2. The Morgan fingerprint density at radius 1 is 1.29 bits per heavy atom. The van der Waals surface area contributed by atoms with Gasteiger partial charge >= 0.3 is 0 Å². The van der Waals surface area contributed by atoms with Gasteiger partial charge in [0.05, 0.1) is 5.92 Å². The van der Waals surface area contributed by atoms with Gasteiger partial charge in [-0.15, -0.1) is 0 Å². The number of hydrogen-bond acceptors (Lipinski definition) is 3. The van der Waals surface area contributed by atoms with Crippen LogP contribution in [0.25, 0.3) is 0 Å². The summed E-state index contributed by atoms with van der Waals surface area (Å²) >= 11 is 3.17. The second-order valence-corrected chi connectivity index (χ2v) is 7.34. The van der Waals surface area contributed by atoms with E-state index in [1.807, 2.05) is 0 Å². The van der Waals surface area contributed by atoms with Gasteiger partial charge in [-0.3, -0.25) is 4.79 Å². The zero-order chi connectivity index (χ0) is 17.3. The second-order valence-electron chi connectivity index (χ2n) is 6.43. The number of amides is 1. The van der Waals surface area contributed by atoms with Gasteiger partial charge in [-0.25, -0.2) is 18.2 Å². The maximum absolute atomic E-state index is 14.1. The molecular formula is C16H19BrF3N3O. The molecule has 24 heavy (non-hydrogen) atoms. The molecular weight excluding hydrogens is 387 g/mol. The number of likely N-dealkylation sites (tertiary alicyclic amines) is 1. The highest BCUT2D eigenvalue weighted by atomic mass is 79.9. The lowest BCUT2D eigenvalue weighted by molar-refractivity contribution is -0.141. The van der Waals surface area contributed by atoms with Crippen molar-refractivity contribution in [3.05, 3.63) is 22.6 Å². The molecule has 1 aromatic rings. The Hall–Kier alpha value is -1.31. The predicted molar refractivity (Wildman–Crippen MR) is 87.6 cm³/mol. The van der Waals surface area contributed by atoms with Gasteiger partial charge in [-0.05, 0) is 34.8 Å². The van der Waals surface area contributed by atoms with Crippen molar-refractivity contribution in [3.63, 3.8) is 0 Å². The summed E-state index contributed by atoms with van der Waals surface area (Å²) in [5.41, 5.74) is 0. The Kier molecular flexibility index (Phi) is 5.03. The molecule has 0 aromatic carbocycles. The quantitative estimate of drug-likeness (QED) is 0.755. The third-order valence-electron chi connectivity index (χ3n) is 4.67. The fourth-order valence-electron chi connectivity index (χ4n) is 3.32. The molecule has 2 saturated heterocycles. The Bertz CT molecular complexity index is 619. The predicted octanol–water partition coefficient (Wildman–Crippen LogP) is 3.46. The molecule has 4 nitrogen and oxygen atoms in total. The van der Waals surface area contributed by atoms with Crippen LogP contribution in [0.5, 0.6) is 0 Å². The van der Waals surface area contributed by atoms with Crippen molar-refractivity contribution >= 4 is 27.7 Å². The molecule has 1 amide bonds. The number of carbonyl (C=O) groups excluding carboxylic acids is 1. The first-order chi connectivity index (χ1) is 11.4. The molecule has 3 heterocycles. The molecule has 0 radical (unpaired) electrons. The van der Waals surface area contributed by atoms with Crippen LogP contribution in [0.3, 0.4) is 0 Å². The van der Waals surface area contributed by atoms with Crippen LogP contribution in [-0.2, 0) is 4.79 Å². The fourth-order valence-corrected chi connectivity index (χ4v) is 3.63. The third-order valence-corrected chi connectivity index (χ3v) is 5.10. The standard InChI is InChI=1S/C16H19BrF3N3O/c17-12-8-13(18)14(21-9-12)23-5-1-2-11(10-23)15(24)22-6-3-16(19,20)4-7-22/h8-9,11H,1-7,10H2. The summed E-state index contributed by atoms with van der Waals surface area (Å²) in [6.07, 6.45) is 2.41. The van der Waals surface area contributed by atoms with E-state index in [-0.39, 0.29) is 43.6 Å². The van der Waals surface area contributed by atoms with Crippen LogP contribution >= 0.6 is 15.9 Å². The highest BCUT2D eigenvalue weighted by Gasteiger charge is 2.38. The lowest BCUT2D eigenvalue weighted by atomic mass is 9.95. The molecule has 2 aliphatic heterocycles. The maximum atomic E-state index is 14.1. The van der Waals surface area contributed by atoms with Crippen LogP contribution < -0.4 is 4.90 Å². The normalized spacial score (nSPS) is 24.1. The number of pyridine rings is 1. The summed E-state index contributed by atoms with van der Waals surface area (Å²) in [4.78, 5) is 20.0. The molecule has 0 N–H and O–H groups in total.